The first kappa shape index (κ1) is 27.2. The van der Waals surface area contributed by atoms with Gasteiger partial charge in [0.15, 0.2) is 0 Å². The number of aryl methyl sites for hydroxylation is 1. The zero-order valence-electron chi connectivity index (χ0n) is 20.6. The Kier molecular flexibility index (Phi) is 9.92. The first-order chi connectivity index (χ1) is 16.1. The molecule has 0 radical (unpaired) electrons. The summed E-state index contributed by atoms with van der Waals surface area (Å²) >= 11 is 0. The highest BCUT2D eigenvalue weighted by Gasteiger charge is 2.32. The van der Waals surface area contributed by atoms with Crippen LogP contribution in [0.2, 0.25) is 0 Å². The standard InChI is InChI=1S/C25H35N3O5S/c1-6-16-26-25(30)21(7-2)27(17-20-14-12-19(3)13-15-20)24(29)18-28(34(5,31)32)22-10-8-9-11-23(22)33-4/h8-15,21H,6-7,16-18H2,1-5H3,(H,26,30). The number of para-hydroxylation sites is 2. The summed E-state index contributed by atoms with van der Waals surface area (Å²) in [5, 5.41) is 2.86. The van der Waals surface area contributed by atoms with Crippen LogP contribution in [-0.2, 0) is 26.2 Å². The third-order valence-electron chi connectivity index (χ3n) is 5.44. The summed E-state index contributed by atoms with van der Waals surface area (Å²) in [4.78, 5) is 28.0. The zero-order valence-corrected chi connectivity index (χ0v) is 21.4. The van der Waals surface area contributed by atoms with E-state index in [9.17, 15) is 18.0 Å². The summed E-state index contributed by atoms with van der Waals surface area (Å²) in [6.07, 6.45) is 2.20. The van der Waals surface area contributed by atoms with Crippen molar-refractivity contribution in [3.05, 3.63) is 59.7 Å². The predicted molar refractivity (Wildman–Crippen MR) is 134 cm³/mol. The van der Waals surface area contributed by atoms with Gasteiger partial charge in [-0.1, -0.05) is 55.8 Å². The van der Waals surface area contributed by atoms with E-state index in [0.717, 1.165) is 28.1 Å². The highest BCUT2D eigenvalue weighted by molar-refractivity contribution is 7.92. The average molecular weight is 490 g/mol. The number of hydrogen-bond acceptors (Lipinski definition) is 5. The van der Waals surface area contributed by atoms with Gasteiger partial charge in [0.1, 0.15) is 18.3 Å². The van der Waals surface area contributed by atoms with Crippen molar-refractivity contribution in [2.45, 2.75) is 46.2 Å². The first-order valence-corrected chi connectivity index (χ1v) is 13.2. The zero-order chi connectivity index (χ0) is 25.3. The summed E-state index contributed by atoms with van der Waals surface area (Å²) in [7, 11) is -2.38. The molecule has 0 saturated heterocycles. The van der Waals surface area contributed by atoms with Crippen LogP contribution >= 0.6 is 0 Å². The normalized spacial score (nSPS) is 12.0. The predicted octanol–water partition coefficient (Wildman–Crippen LogP) is 3.10. The van der Waals surface area contributed by atoms with Gasteiger partial charge in [-0.25, -0.2) is 8.42 Å². The molecule has 1 N–H and O–H groups in total. The molecule has 0 aromatic heterocycles. The van der Waals surface area contributed by atoms with Gasteiger partial charge in [-0.2, -0.15) is 0 Å². The highest BCUT2D eigenvalue weighted by Crippen LogP contribution is 2.29. The van der Waals surface area contributed by atoms with E-state index in [1.165, 1.54) is 12.0 Å². The van der Waals surface area contributed by atoms with Gasteiger partial charge in [0, 0.05) is 13.1 Å². The monoisotopic (exact) mass is 489 g/mol. The number of carbonyl (C=O) groups excluding carboxylic acids is 2. The van der Waals surface area contributed by atoms with Crippen molar-refractivity contribution in [3.8, 4) is 5.75 Å². The van der Waals surface area contributed by atoms with Crippen LogP contribution in [0, 0.1) is 6.92 Å². The molecule has 0 spiro atoms. The van der Waals surface area contributed by atoms with E-state index >= 15 is 0 Å². The summed E-state index contributed by atoms with van der Waals surface area (Å²) in [6, 6.07) is 13.6. The van der Waals surface area contributed by atoms with Crippen LogP contribution in [0.5, 0.6) is 5.75 Å². The first-order valence-electron chi connectivity index (χ1n) is 11.4. The third kappa shape index (κ3) is 7.21. The fourth-order valence-electron chi connectivity index (χ4n) is 3.61. The molecule has 2 aromatic rings. The fourth-order valence-corrected chi connectivity index (χ4v) is 4.46. The van der Waals surface area contributed by atoms with E-state index < -0.39 is 28.5 Å². The Hall–Kier alpha value is -3.07. The van der Waals surface area contributed by atoms with Crippen LogP contribution in [-0.4, -0.2) is 57.6 Å². The molecule has 0 bridgehead atoms. The molecule has 0 aliphatic carbocycles. The molecule has 0 fully saturated rings. The van der Waals surface area contributed by atoms with Crippen molar-refractivity contribution in [1.82, 2.24) is 10.2 Å². The lowest BCUT2D eigenvalue weighted by molar-refractivity contribution is -0.140. The molecule has 186 valence electrons. The number of ether oxygens (including phenoxy) is 1. The lowest BCUT2D eigenvalue weighted by Crippen LogP contribution is -2.52. The van der Waals surface area contributed by atoms with Gasteiger partial charge in [0.05, 0.1) is 19.1 Å². The Balaban J connectivity index is 2.45. The number of rotatable bonds is 12. The van der Waals surface area contributed by atoms with Gasteiger partial charge in [0.2, 0.25) is 21.8 Å². The lowest BCUT2D eigenvalue weighted by atomic mass is 10.1. The van der Waals surface area contributed by atoms with Crippen molar-refractivity contribution < 1.29 is 22.7 Å². The molecule has 0 saturated carbocycles. The summed E-state index contributed by atoms with van der Waals surface area (Å²) in [5.41, 5.74) is 2.19. The largest absolute Gasteiger partial charge is 0.495 e. The Morgan fingerprint density at radius 2 is 1.71 bits per heavy atom. The molecular weight excluding hydrogens is 454 g/mol. The molecule has 1 unspecified atom stereocenters. The maximum absolute atomic E-state index is 13.6. The number of nitrogens with zero attached hydrogens (tertiary/aromatic N) is 2. The van der Waals surface area contributed by atoms with Crippen molar-refractivity contribution in [2.75, 3.05) is 30.8 Å². The Morgan fingerprint density at radius 3 is 2.26 bits per heavy atom. The molecule has 34 heavy (non-hydrogen) atoms. The Bertz CT molecular complexity index is 1070. The van der Waals surface area contributed by atoms with Crippen LogP contribution in [0.3, 0.4) is 0 Å². The lowest BCUT2D eigenvalue weighted by Gasteiger charge is -2.33. The summed E-state index contributed by atoms with van der Waals surface area (Å²) in [5.74, 6) is -0.401. The van der Waals surface area contributed by atoms with Crippen LogP contribution < -0.4 is 14.4 Å². The van der Waals surface area contributed by atoms with E-state index in [-0.39, 0.29) is 18.1 Å². The van der Waals surface area contributed by atoms with Gasteiger partial charge in [0.25, 0.3) is 0 Å². The molecular formula is C25H35N3O5S. The molecule has 0 aliphatic heterocycles. The number of nitrogens with one attached hydrogen (secondary N) is 1. The van der Waals surface area contributed by atoms with Gasteiger partial charge < -0.3 is 15.0 Å². The van der Waals surface area contributed by atoms with Crippen LogP contribution in [0.1, 0.15) is 37.8 Å². The van der Waals surface area contributed by atoms with Gasteiger partial charge in [-0.05, 0) is 37.5 Å². The van der Waals surface area contributed by atoms with E-state index in [0.29, 0.717) is 18.7 Å². The van der Waals surface area contributed by atoms with Crippen LogP contribution in [0.25, 0.3) is 0 Å². The minimum Gasteiger partial charge on any atom is -0.495 e. The number of amides is 2. The maximum atomic E-state index is 13.6. The van der Waals surface area contributed by atoms with Crippen molar-refractivity contribution in [3.63, 3.8) is 0 Å². The quantitative estimate of drug-likeness (QED) is 0.494. The number of benzene rings is 2. The fraction of sp³-hybridized carbons (Fsp3) is 0.440. The second-order valence-electron chi connectivity index (χ2n) is 8.16. The van der Waals surface area contributed by atoms with E-state index in [1.807, 2.05) is 45.0 Å². The molecule has 0 heterocycles. The van der Waals surface area contributed by atoms with Gasteiger partial charge >= 0.3 is 0 Å². The highest BCUT2D eigenvalue weighted by atomic mass is 32.2. The molecule has 1 atom stereocenters. The van der Waals surface area contributed by atoms with Crippen molar-refractivity contribution >= 4 is 27.5 Å². The number of sulfonamides is 1. The van der Waals surface area contributed by atoms with Gasteiger partial charge in [-0.3, -0.25) is 13.9 Å². The topological polar surface area (TPSA) is 96.0 Å². The third-order valence-corrected chi connectivity index (χ3v) is 6.57. The molecule has 8 nitrogen and oxygen atoms in total. The van der Waals surface area contributed by atoms with Crippen LogP contribution in [0.15, 0.2) is 48.5 Å². The summed E-state index contributed by atoms with van der Waals surface area (Å²) in [6.45, 7) is 5.98. The smallest absolute Gasteiger partial charge is 0.244 e. The van der Waals surface area contributed by atoms with E-state index in [4.69, 9.17) is 4.74 Å². The Morgan fingerprint density at radius 1 is 1.06 bits per heavy atom. The minimum atomic E-state index is -3.82. The molecule has 2 rings (SSSR count). The number of hydrogen-bond donors (Lipinski definition) is 1. The maximum Gasteiger partial charge on any atom is 0.244 e. The second-order valence-corrected chi connectivity index (χ2v) is 10.1. The van der Waals surface area contributed by atoms with Gasteiger partial charge in [-0.15, -0.1) is 0 Å². The number of anilines is 1. The minimum absolute atomic E-state index is 0.181. The van der Waals surface area contributed by atoms with E-state index in [1.54, 1.807) is 24.3 Å². The number of methoxy groups -OCH3 is 1. The van der Waals surface area contributed by atoms with Crippen molar-refractivity contribution in [1.29, 1.82) is 0 Å². The molecule has 2 aromatic carbocycles. The molecule has 9 heteroatoms. The van der Waals surface area contributed by atoms with Crippen LogP contribution in [0.4, 0.5) is 5.69 Å². The average Bonchev–Trinajstić information content (AvgIpc) is 2.81. The molecule has 0 aliphatic rings. The summed E-state index contributed by atoms with van der Waals surface area (Å²) < 4.78 is 31.7. The second kappa shape index (κ2) is 12.4. The van der Waals surface area contributed by atoms with E-state index in [2.05, 4.69) is 5.32 Å². The molecule has 2 amide bonds. The van der Waals surface area contributed by atoms with Crippen molar-refractivity contribution in [2.24, 2.45) is 0 Å². The Labute approximate surface area is 202 Å². The SMILES string of the molecule is CCCNC(=O)C(CC)N(Cc1ccc(C)cc1)C(=O)CN(c1ccccc1OC)S(C)(=O)=O. The number of carbonyl (C=O) groups is 2.